The van der Waals surface area contributed by atoms with E-state index in [4.69, 9.17) is 9.84 Å². The molecule has 0 aromatic heterocycles. The predicted molar refractivity (Wildman–Crippen MR) is 124 cm³/mol. The van der Waals surface area contributed by atoms with Crippen LogP contribution in [0, 0.1) is 17.8 Å². The second-order valence-corrected chi connectivity index (χ2v) is 9.02. The first kappa shape index (κ1) is 22.8. The van der Waals surface area contributed by atoms with E-state index in [-0.39, 0.29) is 36.2 Å². The Hall–Kier alpha value is -3.35. The van der Waals surface area contributed by atoms with E-state index >= 15 is 0 Å². The Bertz CT molecular complexity index is 1010. The number of benzene rings is 2. The summed E-state index contributed by atoms with van der Waals surface area (Å²) < 4.78 is 5.59. The molecule has 1 saturated carbocycles. The average molecular weight is 451 g/mol. The highest BCUT2D eigenvalue weighted by atomic mass is 16.5. The molecular weight excluding hydrogens is 420 g/mol. The highest BCUT2D eigenvalue weighted by Gasteiger charge is 2.43. The average Bonchev–Trinajstić information content (AvgIpc) is 3.55. The third kappa shape index (κ3) is 4.87. The number of hydrogen-bond acceptors (Lipinski definition) is 4. The molecule has 4 atom stereocenters. The number of ether oxygens (including phenoxy) is 1. The van der Waals surface area contributed by atoms with Crippen LogP contribution in [0.15, 0.2) is 48.5 Å². The Morgan fingerprint density at radius 1 is 1.06 bits per heavy atom. The normalized spacial score (nSPS) is 20.2. The van der Waals surface area contributed by atoms with Gasteiger partial charge < -0.3 is 20.5 Å². The van der Waals surface area contributed by atoms with Gasteiger partial charge in [-0.25, -0.2) is 4.79 Å². The van der Waals surface area contributed by atoms with Crippen molar-refractivity contribution in [1.82, 2.24) is 10.6 Å². The van der Waals surface area contributed by atoms with Crippen molar-refractivity contribution in [3.63, 3.8) is 0 Å². The predicted octanol–water partition coefficient (Wildman–Crippen LogP) is 3.78. The fraction of sp³-hybridized carbons (Fsp3) is 0.423. The molecule has 0 spiro atoms. The quantitative estimate of drug-likeness (QED) is 0.539. The summed E-state index contributed by atoms with van der Waals surface area (Å²) >= 11 is 0. The molecular formula is C26H30N2O5. The van der Waals surface area contributed by atoms with Crippen LogP contribution < -0.4 is 10.6 Å². The first-order chi connectivity index (χ1) is 15.9. The van der Waals surface area contributed by atoms with E-state index in [1.165, 1.54) is 0 Å². The van der Waals surface area contributed by atoms with Crippen molar-refractivity contribution in [2.45, 2.75) is 38.6 Å². The number of nitrogens with one attached hydrogen (secondary N) is 2. The first-order valence-electron chi connectivity index (χ1n) is 11.5. The minimum absolute atomic E-state index is 0.0431. The van der Waals surface area contributed by atoms with E-state index in [0.717, 1.165) is 22.3 Å². The zero-order valence-corrected chi connectivity index (χ0v) is 18.9. The van der Waals surface area contributed by atoms with Crippen molar-refractivity contribution in [3.8, 4) is 11.1 Å². The van der Waals surface area contributed by atoms with Crippen molar-refractivity contribution < 1.29 is 24.2 Å². The third-order valence-electron chi connectivity index (χ3n) is 6.89. The van der Waals surface area contributed by atoms with E-state index in [1.807, 2.05) is 38.1 Å². The third-order valence-corrected chi connectivity index (χ3v) is 6.89. The smallest absolute Gasteiger partial charge is 0.407 e. The number of hydrogen-bond donors (Lipinski definition) is 3. The van der Waals surface area contributed by atoms with Gasteiger partial charge in [0.2, 0.25) is 5.91 Å². The zero-order chi connectivity index (χ0) is 23.5. The molecule has 4 rings (SSSR count). The van der Waals surface area contributed by atoms with Crippen LogP contribution in [-0.4, -0.2) is 42.3 Å². The van der Waals surface area contributed by atoms with Crippen molar-refractivity contribution in [2.75, 3.05) is 13.2 Å². The van der Waals surface area contributed by atoms with Gasteiger partial charge in [0, 0.05) is 12.5 Å². The first-order valence-corrected chi connectivity index (χ1v) is 11.5. The van der Waals surface area contributed by atoms with Crippen LogP contribution in [0.1, 0.15) is 43.7 Å². The summed E-state index contributed by atoms with van der Waals surface area (Å²) in [7, 11) is 0. The summed E-state index contributed by atoms with van der Waals surface area (Å²) in [5.74, 6) is -1.72. The highest BCUT2D eigenvalue weighted by molar-refractivity contribution is 5.86. The summed E-state index contributed by atoms with van der Waals surface area (Å²) in [5.41, 5.74) is 4.55. The van der Waals surface area contributed by atoms with Crippen molar-refractivity contribution in [3.05, 3.63) is 59.7 Å². The van der Waals surface area contributed by atoms with Crippen molar-refractivity contribution in [2.24, 2.45) is 17.8 Å². The van der Waals surface area contributed by atoms with Crippen LogP contribution in [-0.2, 0) is 14.3 Å². The lowest BCUT2D eigenvalue weighted by Gasteiger charge is -2.24. The summed E-state index contributed by atoms with van der Waals surface area (Å²) in [4.78, 5) is 36.4. The number of amides is 2. The number of carbonyl (C=O) groups is 3. The fourth-order valence-corrected chi connectivity index (χ4v) is 4.59. The van der Waals surface area contributed by atoms with Gasteiger partial charge in [-0.1, -0.05) is 68.8 Å². The van der Waals surface area contributed by atoms with Gasteiger partial charge in [0.05, 0.1) is 5.92 Å². The van der Waals surface area contributed by atoms with Crippen LogP contribution in [0.25, 0.3) is 11.1 Å². The molecule has 2 aromatic rings. The van der Waals surface area contributed by atoms with Gasteiger partial charge in [-0.3, -0.25) is 9.59 Å². The van der Waals surface area contributed by atoms with E-state index in [1.54, 1.807) is 0 Å². The lowest BCUT2D eigenvalue weighted by Crippen LogP contribution is -2.50. The van der Waals surface area contributed by atoms with E-state index in [0.29, 0.717) is 19.4 Å². The lowest BCUT2D eigenvalue weighted by molar-refractivity contribution is -0.139. The second-order valence-electron chi connectivity index (χ2n) is 9.02. The summed E-state index contributed by atoms with van der Waals surface area (Å²) in [6.45, 7) is 4.32. The van der Waals surface area contributed by atoms with Gasteiger partial charge >= 0.3 is 12.1 Å². The number of aliphatic carboxylic acids is 1. The number of rotatable bonds is 9. The van der Waals surface area contributed by atoms with Crippen LogP contribution in [0.4, 0.5) is 4.79 Å². The molecule has 2 unspecified atom stereocenters. The Labute approximate surface area is 193 Å². The molecule has 0 saturated heterocycles. The number of carboxylic acids is 1. The van der Waals surface area contributed by atoms with Gasteiger partial charge in [0.1, 0.15) is 12.6 Å². The van der Waals surface area contributed by atoms with Gasteiger partial charge in [0.25, 0.3) is 0 Å². The van der Waals surface area contributed by atoms with Gasteiger partial charge in [-0.2, -0.15) is 0 Å². The maximum absolute atomic E-state index is 12.7. The molecule has 2 aliphatic rings. The topological polar surface area (TPSA) is 105 Å². The summed E-state index contributed by atoms with van der Waals surface area (Å²) in [5, 5.41) is 14.6. The second kappa shape index (κ2) is 9.65. The molecule has 2 aliphatic carbocycles. The lowest BCUT2D eigenvalue weighted by atomic mass is 9.98. The molecule has 0 bridgehead atoms. The van der Waals surface area contributed by atoms with Crippen LogP contribution in [0.3, 0.4) is 0 Å². The number of carbonyl (C=O) groups excluding carboxylic acids is 2. The monoisotopic (exact) mass is 450 g/mol. The minimum atomic E-state index is -0.829. The van der Waals surface area contributed by atoms with Gasteiger partial charge in [-0.05, 0) is 40.5 Å². The van der Waals surface area contributed by atoms with Crippen LogP contribution >= 0.6 is 0 Å². The standard InChI is InChI=1S/C26H30N2O5/c1-3-15(2)23(24(29)27-13-16-12-21(16)25(30)31)28-26(32)33-14-22-19-10-6-4-8-17(19)18-9-5-7-11-20(18)22/h4-11,15-16,21-23H,3,12-14H2,1-2H3,(H,27,29)(H,28,32)(H,30,31)/t15?,16-,21-,23?/m0/s1. The van der Waals surface area contributed by atoms with E-state index in [9.17, 15) is 14.4 Å². The fourth-order valence-electron chi connectivity index (χ4n) is 4.59. The Kier molecular flexibility index (Phi) is 6.67. The minimum Gasteiger partial charge on any atom is -0.481 e. The number of carboxylic acid groups (broad SMARTS) is 1. The van der Waals surface area contributed by atoms with Crippen LogP contribution in [0.2, 0.25) is 0 Å². The maximum Gasteiger partial charge on any atom is 0.407 e. The number of alkyl carbamates (subject to hydrolysis) is 1. The molecule has 0 aliphatic heterocycles. The van der Waals surface area contributed by atoms with Crippen LogP contribution in [0.5, 0.6) is 0 Å². The highest BCUT2D eigenvalue weighted by Crippen LogP contribution is 2.44. The molecule has 1 fully saturated rings. The number of fused-ring (bicyclic) bond motifs is 3. The van der Waals surface area contributed by atoms with E-state index < -0.39 is 18.1 Å². The molecule has 33 heavy (non-hydrogen) atoms. The molecule has 2 aromatic carbocycles. The Morgan fingerprint density at radius 3 is 2.21 bits per heavy atom. The summed E-state index contributed by atoms with van der Waals surface area (Å²) in [6, 6.07) is 15.5. The maximum atomic E-state index is 12.7. The zero-order valence-electron chi connectivity index (χ0n) is 18.9. The van der Waals surface area contributed by atoms with Crippen molar-refractivity contribution >= 4 is 18.0 Å². The Balaban J connectivity index is 1.36. The molecule has 3 N–H and O–H groups in total. The SMILES string of the molecule is CCC(C)C(NC(=O)OCC1c2ccccc2-c2ccccc21)C(=O)NC[C@@H]1C[C@@H]1C(=O)O. The molecule has 174 valence electrons. The largest absolute Gasteiger partial charge is 0.481 e. The molecule has 0 radical (unpaired) electrons. The molecule has 7 heteroatoms. The van der Waals surface area contributed by atoms with Gasteiger partial charge in [0.15, 0.2) is 0 Å². The van der Waals surface area contributed by atoms with Crippen molar-refractivity contribution in [1.29, 1.82) is 0 Å². The van der Waals surface area contributed by atoms with Gasteiger partial charge in [-0.15, -0.1) is 0 Å². The van der Waals surface area contributed by atoms with E-state index in [2.05, 4.69) is 34.9 Å². The molecule has 2 amide bonds. The molecule has 7 nitrogen and oxygen atoms in total. The Morgan fingerprint density at radius 2 is 1.67 bits per heavy atom. The summed E-state index contributed by atoms with van der Waals surface area (Å²) in [6.07, 6.45) is 0.638. The molecule has 0 heterocycles.